The highest BCUT2D eigenvalue weighted by Gasteiger charge is 2.37. The van der Waals surface area contributed by atoms with E-state index in [9.17, 15) is 24.6 Å². The number of thiocarbonyl (C=S) groups is 1. The molecule has 0 N–H and O–H groups in total. The first-order valence-electron chi connectivity index (χ1n) is 7.70. The molecule has 1 aromatic rings. The van der Waals surface area contributed by atoms with E-state index in [-0.39, 0.29) is 15.6 Å². The van der Waals surface area contributed by atoms with Gasteiger partial charge in [-0.05, 0) is 37.0 Å². The van der Waals surface area contributed by atoms with Crippen LogP contribution in [-0.2, 0) is 14.4 Å². The standard InChI is InChI=1S/C18H17NO5S2/c1-11(9-12-5-3-2-4-6-12)10-14-16(22)19(18(25)26-14)13(17(23)24)7-8-15(20)21/h2-6,9-10,13H,7-8H2,1H3,(H,20,21)(H,23,24)/p-2/b11-9+,14-10+/t13-/m0/s1. The van der Waals surface area contributed by atoms with Gasteiger partial charge >= 0.3 is 0 Å². The molecule has 1 atom stereocenters. The Kier molecular flexibility index (Phi) is 6.70. The first-order valence-corrected chi connectivity index (χ1v) is 8.93. The molecule has 136 valence electrons. The Hall–Kier alpha value is -2.45. The summed E-state index contributed by atoms with van der Waals surface area (Å²) in [5.41, 5.74) is 1.75. The molecule has 0 saturated carbocycles. The Labute approximate surface area is 160 Å². The number of carbonyl (C=O) groups excluding carboxylic acids is 3. The molecule has 26 heavy (non-hydrogen) atoms. The first-order chi connectivity index (χ1) is 12.3. The maximum Gasteiger partial charge on any atom is 0.266 e. The number of amides is 1. The van der Waals surface area contributed by atoms with Gasteiger partial charge < -0.3 is 19.8 Å². The van der Waals surface area contributed by atoms with Crippen LogP contribution in [0.25, 0.3) is 6.08 Å². The molecule has 0 unspecified atom stereocenters. The fraction of sp³-hybridized carbons (Fsp3) is 0.222. The number of hydrogen-bond donors (Lipinski definition) is 0. The molecule has 1 aromatic carbocycles. The van der Waals surface area contributed by atoms with Crippen molar-refractivity contribution < 1.29 is 24.6 Å². The van der Waals surface area contributed by atoms with Crippen LogP contribution in [-0.4, -0.2) is 33.1 Å². The molecule has 1 heterocycles. The molecule has 0 spiro atoms. The summed E-state index contributed by atoms with van der Waals surface area (Å²) in [5.74, 6) is -3.53. The largest absolute Gasteiger partial charge is 0.550 e. The molecule has 0 aliphatic carbocycles. The lowest BCUT2D eigenvalue weighted by molar-refractivity contribution is -0.311. The number of aliphatic carboxylic acids is 2. The van der Waals surface area contributed by atoms with E-state index in [0.717, 1.165) is 27.8 Å². The third-order valence-electron chi connectivity index (χ3n) is 3.58. The molecule has 1 amide bonds. The minimum atomic E-state index is -1.56. The lowest BCUT2D eigenvalue weighted by Gasteiger charge is -2.27. The number of nitrogens with zero attached hydrogens (tertiary/aromatic N) is 1. The smallest absolute Gasteiger partial charge is 0.266 e. The molecule has 6 nitrogen and oxygen atoms in total. The Morgan fingerprint density at radius 2 is 1.92 bits per heavy atom. The third-order valence-corrected chi connectivity index (χ3v) is 4.91. The predicted octanol–water partition coefficient (Wildman–Crippen LogP) is 0.483. The zero-order valence-electron chi connectivity index (χ0n) is 13.8. The summed E-state index contributed by atoms with van der Waals surface area (Å²) in [5, 5.41) is 21.9. The summed E-state index contributed by atoms with van der Waals surface area (Å²) in [6.07, 6.45) is 2.65. The SMILES string of the molecule is CC(=C\c1ccccc1)/C=C1/SC(=S)N([C@@H](CCC(=O)[O-])C(=O)[O-])C1=O. The summed E-state index contributed by atoms with van der Waals surface area (Å²) in [7, 11) is 0. The molecule has 0 bridgehead atoms. The topological polar surface area (TPSA) is 101 Å². The molecule has 1 aliphatic rings. The van der Waals surface area contributed by atoms with Crippen LogP contribution in [0.1, 0.15) is 25.3 Å². The third kappa shape index (κ3) is 5.03. The van der Waals surface area contributed by atoms with E-state index in [1.165, 1.54) is 0 Å². The van der Waals surface area contributed by atoms with Crippen LogP contribution in [0.15, 0.2) is 46.9 Å². The van der Waals surface area contributed by atoms with E-state index in [0.29, 0.717) is 0 Å². The Morgan fingerprint density at radius 3 is 2.50 bits per heavy atom. The quantitative estimate of drug-likeness (QED) is 0.494. The number of thioether (sulfide) groups is 1. The molecule has 0 aromatic heterocycles. The second kappa shape index (κ2) is 8.77. The van der Waals surface area contributed by atoms with Gasteiger partial charge in [0.2, 0.25) is 0 Å². The van der Waals surface area contributed by atoms with Gasteiger partial charge in [-0.2, -0.15) is 0 Å². The van der Waals surface area contributed by atoms with Crippen molar-refractivity contribution in [2.45, 2.75) is 25.8 Å². The first kappa shape index (κ1) is 19.9. The van der Waals surface area contributed by atoms with Crippen molar-refractivity contribution >= 4 is 52.2 Å². The van der Waals surface area contributed by atoms with Crippen molar-refractivity contribution in [2.75, 3.05) is 0 Å². The van der Waals surface area contributed by atoms with Gasteiger partial charge in [0.25, 0.3) is 5.91 Å². The van der Waals surface area contributed by atoms with Crippen LogP contribution in [0, 0.1) is 0 Å². The summed E-state index contributed by atoms with van der Waals surface area (Å²) in [6.45, 7) is 1.81. The van der Waals surface area contributed by atoms with Gasteiger partial charge in [-0.15, -0.1) is 0 Å². The second-order valence-corrected chi connectivity index (χ2v) is 7.27. The van der Waals surface area contributed by atoms with Gasteiger partial charge in [-0.1, -0.05) is 60.4 Å². The van der Waals surface area contributed by atoms with E-state index in [2.05, 4.69) is 0 Å². The molecule has 1 saturated heterocycles. The van der Waals surface area contributed by atoms with Crippen molar-refractivity contribution in [1.82, 2.24) is 4.90 Å². The van der Waals surface area contributed by atoms with E-state index >= 15 is 0 Å². The number of carboxylic acid groups (broad SMARTS) is 2. The maximum atomic E-state index is 12.6. The molecular formula is C18H15NO5S2-2. The lowest BCUT2D eigenvalue weighted by atomic mass is 10.1. The van der Waals surface area contributed by atoms with Crippen LogP contribution < -0.4 is 10.2 Å². The highest BCUT2D eigenvalue weighted by atomic mass is 32.2. The van der Waals surface area contributed by atoms with Crippen molar-refractivity contribution in [3.05, 3.63) is 52.4 Å². The molecule has 1 fully saturated rings. The average Bonchev–Trinajstić information content (AvgIpc) is 2.83. The van der Waals surface area contributed by atoms with Crippen LogP contribution in [0.2, 0.25) is 0 Å². The number of hydrogen-bond acceptors (Lipinski definition) is 7. The van der Waals surface area contributed by atoms with Crippen LogP contribution in [0.4, 0.5) is 0 Å². The normalized spacial score (nSPS) is 17.7. The van der Waals surface area contributed by atoms with E-state index in [4.69, 9.17) is 12.2 Å². The number of allylic oxidation sites excluding steroid dienone is 2. The summed E-state index contributed by atoms with van der Waals surface area (Å²) in [6, 6.07) is 8.05. The van der Waals surface area contributed by atoms with Crippen molar-refractivity contribution in [2.24, 2.45) is 0 Å². The van der Waals surface area contributed by atoms with Gasteiger partial charge in [-0.25, -0.2) is 0 Å². The lowest BCUT2D eigenvalue weighted by Crippen LogP contribution is -2.50. The van der Waals surface area contributed by atoms with Crippen LogP contribution in [0.5, 0.6) is 0 Å². The van der Waals surface area contributed by atoms with Gasteiger partial charge in [0.1, 0.15) is 4.32 Å². The fourth-order valence-electron chi connectivity index (χ4n) is 2.42. The van der Waals surface area contributed by atoms with Crippen molar-refractivity contribution in [1.29, 1.82) is 0 Å². The average molecular weight is 389 g/mol. The van der Waals surface area contributed by atoms with Crippen molar-refractivity contribution in [3.8, 4) is 0 Å². The zero-order valence-corrected chi connectivity index (χ0v) is 15.5. The Morgan fingerprint density at radius 1 is 1.27 bits per heavy atom. The van der Waals surface area contributed by atoms with Crippen molar-refractivity contribution in [3.63, 3.8) is 0 Å². The maximum absolute atomic E-state index is 12.6. The Bertz CT molecular complexity index is 801. The zero-order chi connectivity index (χ0) is 19.3. The molecule has 1 aliphatic heterocycles. The van der Waals surface area contributed by atoms with Gasteiger partial charge in [0, 0.05) is 5.97 Å². The summed E-state index contributed by atoms with van der Waals surface area (Å²) >= 11 is 6.08. The molecular weight excluding hydrogens is 374 g/mol. The number of rotatable bonds is 7. The van der Waals surface area contributed by atoms with E-state index in [1.54, 1.807) is 6.08 Å². The highest BCUT2D eigenvalue weighted by molar-refractivity contribution is 8.26. The monoisotopic (exact) mass is 389 g/mol. The predicted molar refractivity (Wildman–Crippen MR) is 98.2 cm³/mol. The number of carbonyl (C=O) groups is 3. The summed E-state index contributed by atoms with van der Waals surface area (Å²) < 4.78 is 0.0568. The number of benzene rings is 1. The van der Waals surface area contributed by atoms with E-state index < -0.39 is 30.3 Å². The molecule has 8 heteroatoms. The minimum absolute atomic E-state index is 0.0568. The van der Waals surface area contributed by atoms with Gasteiger partial charge in [-0.3, -0.25) is 9.69 Å². The summed E-state index contributed by atoms with van der Waals surface area (Å²) in [4.78, 5) is 35.7. The second-order valence-electron chi connectivity index (χ2n) is 5.60. The highest BCUT2D eigenvalue weighted by Crippen LogP contribution is 2.34. The van der Waals surface area contributed by atoms with Gasteiger partial charge in [0.15, 0.2) is 0 Å². The van der Waals surface area contributed by atoms with E-state index in [1.807, 2.05) is 43.3 Å². The van der Waals surface area contributed by atoms with Crippen LogP contribution >= 0.6 is 24.0 Å². The Balaban J connectivity index is 2.22. The van der Waals surface area contributed by atoms with Gasteiger partial charge in [0.05, 0.1) is 16.9 Å². The van der Waals surface area contributed by atoms with Crippen LogP contribution in [0.3, 0.4) is 0 Å². The fourth-order valence-corrected chi connectivity index (χ4v) is 3.82. The minimum Gasteiger partial charge on any atom is -0.550 e. The molecule has 2 rings (SSSR count). The molecule has 0 radical (unpaired) electrons. The number of carboxylic acids is 2.